The van der Waals surface area contributed by atoms with Crippen LogP contribution in [0.1, 0.15) is 38.3 Å². The van der Waals surface area contributed by atoms with Crippen LogP contribution >= 0.6 is 0 Å². The van der Waals surface area contributed by atoms with Gasteiger partial charge in [0.25, 0.3) is 0 Å². The van der Waals surface area contributed by atoms with Crippen LogP contribution in [-0.2, 0) is 0 Å². The minimum absolute atomic E-state index is 0.460. The molecule has 2 rings (SSSR count). The van der Waals surface area contributed by atoms with E-state index in [4.69, 9.17) is 0 Å². The third-order valence-corrected chi connectivity index (χ3v) is 4.53. The maximum Gasteiger partial charge on any atom is 0.0355 e. The molecule has 1 heterocycles. The average molecular weight is 260 g/mol. The molecule has 1 aliphatic rings. The first-order chi connectivity index (χ1) is 9.24. The Balaban J connectivity index is 1.92. The molecule has 3 atom stereocenters. The molecule has 3 unspecified atom stereocenters. The summed E-state index contributed by atoms with van der Waals surface area (Å²) in [6, 6.07) is 11.3. The van der Waals surface area contributed by atoms with Gasteiger partial charge in [0.2, 0.25) is 0 Å². The molecule has 1 saturated heterocycles. The highest BCUT2D eigenvalue weighted by Gasteiger charge is 2.25. The average Bonchev–Trinajstić information content (AvgIpc) is 2.88. The normalized spacial score (nSPS) is 23.4. The van der Waals surface area contributed by atoms with Gasteiger partial charge in [0.05, 0.1) is 0 Å². The van der Waals surface area contributed by atoms with E-state index in [-0.39, 0.29) is 0 Å². The molecule has 0 amide bonds. The van der Waals surface area contributed by atoms with Crippen LogP contribution < -0.4 is 5.32 Å². The Bertz CT molecular complexity index is 363. The first-order valence-corrected chi connectivity index (χ1v) is 7.69. The van der Waals surface area contributed by atoms with E-state index in [0.717, 1.165) is 5.92 Å². The van der Waals surface area contributed by atoms with Gasteiger partial charge in [-0.05, 0) is 37.4 Å². The van der Waals surface area contributed by atoms with Gasteiger partial charge in [-0.1, -0.05) is 50.6 Å². The predicted molar refractivity (Wildman–Crippen MR) is 82.2 cm³/mol. The van der Waals surface area contributed by atoms with Gasteiger partial charge in [-0.3, -0.25) is 0 Å². The molecule has 106 valence electrons. The van der Waals surface area contributed by atoms with Crippen molar-refractivity contribution in [1.29, 1.82) is 0 Å². The second-order valence-corrected chi connectivity index (χ2v) is 5.98. The summed E-state index contributed by atoms with van der Waals surface area (Å²) in [5.74, 6) is 1.57. The van der Waals surface area contributed by atoms with Gasteiger partial charge in [0, 0.05) is 19.1 Å². The zero-order valence-corrected chi connectivity index (χ0v) is 12.6. The van der Waals surface area contributed by atoms with Crippen LogP contribution in [0.25, 0.3) is 0 Å². The lowest BCUT2D eigenvalue weighted by atomic mass is 9.94. The van der Waals surface area contributed by atoms with Crippen molar-refractivity contribution in [3.8, 4) is 0 Å². The van der Waals surface area contributed by atoms with Gasteiger partial charge in [-0.2, -0.15) is 0 Å². The number of nitrogens with zero attached hydrogens (tertiary/aromatic N) is 1. The summed E-state index contributed by atoms with van der Waals surface area (Å²) in [6.07, 6.45) is 2.72. The topological polar surface area (TPSA) is 15.3 Å². The highest BCUT2D eigenvalue weighted by molar-refractivity contribution is 5.19. The van der Waals surface area contributed by atoms with Crippen molar-refractivity contribution in [2.24, 2.45) is 11.8 Å². The molecule has 1 N–H and O–H groups in total. The number of benzene rings is 1. The first-order valence-electron chi connectivity index (χ1n) is 7.69. The molecule has 19 heavy (non-hydrogen) atoms. The molecule has 0 aromatic heterocycles. The maximum atomic E-state index is 3.49. The van der Waals surface area contributed by atoms with Crippen LogP contribution in [0, 0.1) is 11.8 Å². The molecule has 2 heteroatoms. The first kappa shape index (κ1) is 14.5. The Kier molecular flexibility index (Phi) is 5.41. The summed E-state index contributed by atoms with van der Waals surface area (Å²) < 4.78 is 0. The second-order valence-electron chi connectivity index (χ2n) is 5.98. The zero-order chi connectivity index (χ0) is 13.7. The van der Waals surface area contributed by atoms with Crippen molar-refractivity contribution in [3.05, 3.63) is 35.9 Å². The number of likely N-dealkylation sites (tertiary alicyclic amines) is 1. The van der Waals surface area contributed by atoms with E-state index in [9.17, 15) is 0 Å². The molecule has 0 radical (unpaired) electrons. The number of hydrogen-bond acceptors (Lipinski definition) is 2. The molecule has 1 aromatic carbocycles. The highest BCUT2D eigenvalue weighted by Crippen LogP contribution is 2.25. The fourth-order valence-corrected chi connectivity index (χ4v) is 3.36. The van der Waals surface area contributed by atoms with E-state index >= 15 is 0 Å². The molecular formula is C17H28N2. The minimum atomic E-state index is 0.460. The molecule has 0 bridgehead atoms. The van der Waals surface area contributed by atoms with Crippen molar-refractivity contribution >= 4 is 0 Å². The lowest BCUT2D eigenvalue weighted by Crippen LogP contribution is -2.33. The summed E-state index contributed by atoms with van der Waals surface area (Å²) in [5, 5.41) is 3.49. The van der Waals surface area contributed by atoms with Gasteiger partial charge < -0.3 is 10.2 Å². The Labute approximate surface area is 118 Å². The van der Waals surface area contributed by atoms with Gasteiger partial charge in [0.1, 0.15) is 0 Å². The predicted octanol–water partition coefficient (Wildman–Crippen LogP) is 3.32. The lowest BCUT2D eigenvalue weighted by Gasteiger charge is -2.28. The van der Waals surface area contributed by atoms with E-state index in [2.05, 4.69) is 61.4 Å². The molecule has 1 aliphatic heterocycles. The summed E-state index contributed by atoms with van der Waals surface area (Å²) in [6.45, 7) is 8.47. The molecule has 2 nitrogen and oxygen atoms in total. The van der Waals surface area contributed by atoms with Crippen molar-refractivity contribution in [2.45, 2.75) is 32.7 Å². The maximum absolute atomic E-state index is 3.49. The van der Waals surface area contributed by atoms with Crippen LogP contribution in [0.4, 0.5) is 0 Å². The zero-order valence-electron chi connectivity index (χ0n) is 12.6. The van der Waals surface area contributed by atoms with E-state index in [1.807, 2.05) is 0 Å². The molecule has 1 aromatic rings. The number of hydrogen-bond donors (Lipinski definition) is 1. The highest BCUT2D eigenvalue weighted by atomic mass is 15.1. The van der Waals surface area contributed by atoms with E-state index in [1.165, 1.54) is 38.0 Å². The van der Waals surface area contributed by atoms with Gasteiger partial charge in [-0.15, -0.1) is 0 Å². The molecule has 0 saturated carbocycles. The molecule has 1 fully saturated rings. The monoisotopic (exact) mass is 260 g/mol. The van der Waals surface area contributed by atoms with Gasteiger partial charge >= 0.3 is 0 Å². The molecular weight excluding hydrogens is 232 g/mol. The Morgan fingerprint density at radius 3 is 2.63 bits per heavy atom. The number of rotatable bonds is 6. The summed E-state index contributed by atoms with van der Waals surface area (Å²) in [5.41, 5.74) is 1.41. The fourth-order valence-electron chi connectivity index (χ4n) is 3.36. The quantitative estimate of drug-likeness (QED) is 0.844. The Morgan fingerprint density at radius 2 is 2.05 bits per heavy atom. The summed E-state index contributed by atoms with van der Waals surface area (Å²) in [7, 11) is 2.08. The van der Waals surface area contributed by atoms with Crippen molar-refractivity contribution in [2.75, 3.05) is 26.7 Å². The third-order valence-electron chi connectivity index (χ3n) is 4.53. The lowest BCUT2D eigenvalue weighted by molar-refractivity contribution is 0.245. The molecule has 0 aliphatic carbocycles. The smallest absolute Gasteiger partial charge is 0.0355 e. The van der Waals surface area contributed by atoms with Crippen LogP contribution in [0.5, 0.6) is 0 Å². The van der Waals surface area contributed by atoms with Crippen LogP contribution in [0.15, 0.2) is 30.3 Å². The van der Waals surface area contributed by atoms with Crippen molar-refractivity contribution < 1.29 is 0 Å². The standard InChI is InChI=1S/C17H28N2/c1-4-15-10-11-19(13-15)12-14(2)17(18-3)16-8-6-5-7-9-16/h5-9,14-15,17-18H,4,10-13H2,1-3H3. The van der Waals surface area contributed by atoms with Crippen molar-refractivity contribution in [3.63, 3.8) is 0 Å². The Hall–Kier alpha value is -0.860. The van der Waals surface area contributed by atoms with Gasteiger partial charge in [-0.25, -0.2) is 0 Å². The molecule has 0 spiro atoms. The van der Waals surface area contributed by atoms with Gasteiger partial charge in [0.15, 0.2) is 0 Å². The third kappa shape index (κ3) is 3.80. The van der Waals surface area contributed by atoms with Crippen LogP contribution in [0.3, 0.4) is 0 Å². The minimum Gasteiger partial charge on any atom is -0.313 e. The SMILES string of the molecule is CCC1CCN(CC(C)C(NC)c2ccccc2)C1. The van der Waals surface area contributed by atoms with Crippen molar-refractivity contribution in [1.82, 2.24) is 10.2 Å². The largest absolute Gasteiger partial charge is 0.313 e. The number of nitrogens with one attached hydrogen (secondary N) is 1. The summed E-state index contributed by atoms with van der Waals surface area (Å²) in [4.78, 5) is 2.64. The van der Waals surface area contributed by atoms with E-state index < -0.39 is 0 Å². The van der Waals surface area contributed by atoms with E-state index in [0.29, 0.717) is 12.0 Å². The summed E-state index contributed by atoms with van der Waals surface area (Å²) >= 11 is 0. The van der Waals surface area contributed by atoms with Crippen LogP contribution in [-0.4, -0.2) is 31.6 Å². The van der Waals surface area contributed by atoms with E-state index in [1.54, 1.807) is 0 Å². The fraction of sp³-hybridized carbons (Fsp3) is 0.647. The van der Waals surface area contributed by atoms with Crippen LogP contribution in [0.2, 0.25) is 0 Å². The Morgan fingerprint density at radius 1 is 1.32 bits per heavy atom. The second kappa shape index (κ2) is 7.06.